The number of rotatable bonds is 3. The third-order valence-electron chi connectivity index (χ3n) is 3.92. The molecule has 1 unspecified atom stereocenters. The van der Waals surface area contributed by atoms with Crippen molar-refractivity contribution in [1.29, 1.82) is 0 Å². The number of ether oxygens (including phenoxy) is 1. The summed E-state index contributed by atoms with van der Waals surface area (Å²) in [5.74, 6) is 1.10. The van der Waals surface area contributed by atoms with Crippen LogP contribution in [0.3, 0.4) is 0 Å². The smallest absolute Gasteiger partial charge is 0.156 e. The Hall–Kier alpha value is -1.23. The lowest BCUT2D eigenvalue weighted by atomic mass is 10.0. The van der Waals surface area contributed by atoms with E-state index in [9.17, 15) is 8.42 Å². The standard InChI is InChI=1S/C14H19NO3S/c16-19(17)9-3-6-12(19)10-18-13-7-1-4-11-5-2-8-15-14(11)13/h1,4,7,12,15H,2-3,5-6,8-10H2. The zero-order chi connectivity index (χ0) is 13.3. The molecule has 0 amide bonds. The SMILES string of the molecule is O=S1(=O)CCCC1COc1cccc2c1NCCC2. The Morgan fingerprint density at radius 1 is 1.32 bits per heavy atom. The van der Waals surface area contributed by atoms with Crippen LogP contribution in [0.2, 0.25) is 0 Å². The van der Waals surface area contributed by atoms with Gasteiger partial charge in [0.05, 0.1) is 16.7 Å². The van der Waals surface area contributed by atoms with Crippen LogP contribution in [-0.4, -0.2) is 32.6 Å². The highest BCUT2D eigenvalue weighted by Gasteiger charge is 2.32. The van der Waals surface area contributed by atoms with Gasteiger partial charge in [0, 0.05) is 6.54 Å². The van der Waals surface area contributed by atoms with Gasteiger partial charge in [0.15, 0.2) is 9.84 Å². The van der Waals surface area contributed by atoms with Gasteiger partial charge in [-0.25, -0.2) is 8.42 Å². The first-order valence-corrected chi connectivity index (χ1v) is 8.58. The molecule has 19 heavy (non-hydrogen) atoms. The maximum Gasteiger partial charge on any atom is 0.156 e. The van der Waals surface area contributed by atoms with E-state index in [1.165, 1.54) is 5.56 Å². The van der Waals surface area contributed by atoms with E-state index in [0.717, 1.165) is 43.7 Å². The van der Waals surface area contributed by atoms with Gasteiger partial charge in [-0.1, -0.05) is 12.1 Å². The van der Waals surface area contributed by atoms with E-state index < -0.39 is 9.84 Å². The van der Waals surface area contributed by atoms with Crippen LogP contribution in [0.4, 0.5) is 5.69 Å². The fraction of sp³-hybridized carbons (Fsp3) is 0.571. The van der Waals surface area contributed by atoms with E-state index in [-0.39, 0.29) is 11.9 Å². The topological polar surface area (TPSA) is 55.4 Å². The average molecular weight is 281 g/mol. The van der Waals surface area contributed by atoms with Crippen LogP contribution in [0.1, 0.15) is 24.8 Å². The van der Waals surface area contributed by atoms with Crippen LogP contribution in [0.15, 0.2) is 18.2 Å². The summed E-state index contributed by atoms with van der Waals surface area (Å²) in [5.41, 5.74) is 2.31. The summed E-state index contributed by atoms with van der Waals surface area (Å²) in [6.07, 6.45) is 3.68. The van der Waals surface area contributed by atoms with Gasteiger partial charge in [0.2, 0.25) is 0 Å². The van der Waals surface area contributed by atoms with E-state index in [2.05, 4.69) is 11.4 Å². The van der Waals surface area contributed by atoms with Gasteiger partial charge in [0.1, 0.15) is 12.4 Å². The van der Waals surface area contributed by atoms with E-state index in [4.69, 9.17) is 4.74 Å². The Balaban J connectivity index is 1.74. The average Bonchev–Trinajstić information content (AvgIpc) is 2.75. The van der Waals surface area contributed by atoms with Crippen molar-refractivity contribution in [2.24, 2.45) is 0 Å². The highest BCUT2D eigenvalue weighted by molar-refractivity contribution is 7.92. The molecule has 1 saturated heterocycles. The molecule has 0 radical (unpaired) electrons. The number of hydrogen-bond donors (Lipinski definition) is 1. The molecule has 1 N–H and O–H groups in total. The number of nitrogens with one attached hydrogen (secondary N) is 1. The highest BCUT2D eigenvalue weighted by atomic mass is 32.2. The number of para-hydroxylation sites is 1. The zero-order valence-corrected chi connectivity index (χ0v) is 11.7. The first-order chi connectivity index (χ1) is 9.17. The van der Waals surface area contributed by atoms with Gasteiger partial charge in [-0.2, -0.15) is 0 Å². The maximum absolute atomic E-state index is 11.8. The Labute approximate surface area is 114 Å². The van der Waals surface area contributed by atoms with Crippen molar-refractivity contribution >= 4 is 15.5 Å². The maximum atomic E-state index is 11.8. The molecule has 4 nitrogen and oxygen atoms in total. The largest absolute Gasteiger partial charge is 0.490 e. The molecule has 1 atom stereocenters. The van der Waals surface area contributed by atoms with Gasteiger partial charge in [-0.05, 0) is 37.3 Å². The molecule has 3 rings (SSSR count). The third kappa shape index (κ3) is 2.56. The summed E-state index contributed by atoms with van der Waals surface area (Å²) in [6.45, 7) is 1.23. The van der Waals surface area contributed by atoms with Crippen molar-refractivity contribution in [3.63, 3.8) is 0 Å². The van der Waals surface area contributed by atoms with Gasteiger partial charge in [-0.15, -0.1) is 0 Å². The van der Waals surface area contributed by atoms with Crippen molar-refractivity contribution in [2.75, 3.05) is 24.2 Å². The molecular weight excluding hydrogens is 262 g/mol. The molecule has 1 fully saturated rings. The molecule has 0 aromatic heterocycles. The van der Waals surface area contributed by atoms with Crippen LogP contribution >= 0.6 is 0 Å². The number of benzene rings is 1. The first-order valence-electron chi connectivity index (χ1n) is 6.87. The minimum atomic E-state index is -2.92. The zero-order valence-electron chi connectivity index (χ0n) is 10.9. The molecule has 2 aliphatic rings. The van der Waals surface area contributed by atoms with Crippen molar-refractivity contribution in [2.45, 2.75) is 30.9 Å². The third-order valence-corrected chi connectivity index (χ3v) is 6.17. The van der Waals surface area contributed by atoms with Crippen molar-refractivity contribution in [3.05, 3.63) is 23.8 Å². The predicted octanol–water partition coefficient (Wildman–Crippen LogP) is 2.00. The lowest BCUT2D eigenvalue weighted by molar-refractivity contribution is 0.312. The number of hydrogen-bond acceptors (Lipinski definition) is 4. The molecular formula is C14H19NO3S. The number of sulfone groups is 1. The molecule has 0 bridgehead atoms. The Morgan fingerprint density at radius 2 is 2.21 bits per heavy atom. The highest BCUT2D eigenvalue weighted by Crippen LogP contribution is 2.32. The van der Waals surface area contributed by atoms with Crippen molar-refractivity contribution < 1.29 is 13.2 Å². The van der Waals surface area contributed by atoms with Gasteiger partial charge >= 0.3 is 0 Å². The molecule has 0 aliphatic carbocycles. The summed E-state index contributed by atoms with van der Waals surface area (Å²) in [7, 11) is -2.92. The monoisotopic (exact) mass is 281 g/mol. The van der Waals surface area contributed by atoms with Crippen LogP contribution in [-0.2, 0) is 16.3 Å². The molecule has 104 valence electrons. The lowest BCUT2D eigenvalue weighted by Crippen LogP contribution is -2.24. The molecule has 5 heteroatoms. The van der Waals surface area contributed by atoms with E-state index in [1.807, 2.05) is 12.1 Å². The Bertz CT molecular complexity index is 568. The van der Waals surface area contributed by atoms with Crippen LogP contribution in [0.25, 0.3) is 0 Å². The summed E-state index contributed by atoms with van der Waals surface area (Å²) >= 11 is 0. The summed E-state index contributed by atoms with van der Waals surface area (Å²) in [4.78, 5) is 0. The quantitative estimate of drug-likeness (QED) is 0.920. The Kier molecular flexibility index (Phi) is 3.39. The second kappa shape index (κ2) is 5.04. The van der Waals surface area contributed by atoms with E-state index in [0.29, 0.717) is 5.75 Å². The fourth-order valence-electron chi connectivity index (χ4n) is 2.83. The predicted molar refractivity (Wildman–Crippen MR) is 75.6 cm³/mol. The lowest BCUT2D eigenvalue weighted by Gasteiger charge is -2.22. The normalized spacial score (nSPS) is 24.5. The van der Waals surface area contributed by atoms with Gasteiger partial charge < -0.3 is 10.1 Å². The van der Waals surface area contributed by atoms with Crippen LogP contribution in [0, 0.1) is 0 Å². The van der Waals surface area contributed by atoms with Crippen LogP contribution in [0.5, 0.6) is 5.75 Å². The van der Waals surface area contributed by atoms with Crippen molar-refractivity contribution in [3.8, 4) is 5.75 Å². The molecule has 0 saturated carbocycles. The number of aryl methyl sites for hydroxylation is 1. The molecule has 1 aromatic carbocycles. The summed E-state index contributed by atoms with van der Waals surface area (Å²) in [6, 6.07) is 5.99. The Morgan fingerprint density at radius 3 is 3.00 bits per heavy atom. The molecule has 1 aromatic rings. The minimum absolute atomic E-state index is 0.278. The number of fused-ring (bicyclic) bond motifs is 1. The molecule has 0 spiro atoms. The molecule has 2 aliphatic heterocycles. The van der Waals surface area contributed by atoms with E-state index >= 15 is 0 Å². The van der Waals surface area contributed by atoms with E-state index in [1.54, 1.807) is 0 Å². The minimum Gasteiger partial charge on any atom is -0.490 e. The van der Waals surface area contributed by atoms with Crippen molar-refractivity contribution in [1.82, 2.24) is 0 Å². The summed E-state index contributed by atoms with van der Waals surface area (Å²) in [5, 5.41) is 3.03. The van der Waals surface area contributed by atoms with Gasteiger partial charge in [-0.3, -0.25) is 0 Å². The van der Waals surface area contributed by atoms with Crippen LogP contribution < -0.4 is 10.1 Å². The first kappa shape index (κ1) is 12.8. The summed E-state index contributed by atoms with van der Waals surface area (Å²) < 4.78 is 29.3. The van der Waals surface area contributed by atoms with Gasteiger partial charge in [0.25, 0.3) is 0 Å². The second-order valence-corrected chi connectivity index (χ2v) is 7.66. The number of anilines is 1. The fourth-order valence-corrected chi connectivity index (χ4v) is 4.53. The second-order valence-electron chi connectivity index (χ2n) is 5.26. The molecule has 2 heterocycles.